The van der Waals surface area contributed by atoms with E-state index in [1.165, 1.54) is 0 Å². The molecule has 7 heteroatoms. The molecular formula is C16H21BrN2O4. The number of hydrogen-bond acceptors (Lipinski definition) is 4. The molecule has 23 heavy (non-hydrogen) atoms. The van der Waals surface area contributed by atoms with E-state index in [2.05, 4.69) is 22.9 Å². The van der Waals surface area contributed by atoms with E-state index in [0.717, 1.165) is 19.3 Å². The van der Waals surface area contributed by atoms with Crippen molar-refractivity contribution < 1.29 is 14.3 Å². The van der Waals surface area contributed by atoms with Crippen LogP contribution in [0.2, 0.25) is 0 Å². The van der Waals surface area contributed by atoms with Crippen molar-refractivity contribution in [1.82, 2.24) is 9.47 Å². The average molecular weight is 385 g/mol. The highest BCUT2D eigenvalue weighted by Crippen LogP contribution is 2.30. The Balaban J connectivity index is 2.05. The van der Waals surface area contributed by atoms with Crippen molar-refractivity contribution in [3.05, 3.63) is 26.6 Å². The van der Waals surface area contributed by atoms with Crippen LogP contribution < -0.4 is 10.2 Å². The maximum atomic E-state index is 13.0. The van der Waals surface area contributed by atoms with Gasteiger partial charge in [-0.05, 0) is 35.7 Å². The van der Waals surface area contributed by atoms with E-state index >= 15 is 0 Å². The molecule has 0 aliphatic carbocycles. The Morgan fingerprint density at radius 2 is 2.22 bits per heavy atom. The number of nitrogens with zero attached hydrogens (tertiary/aromatic N) is 2. The van der Waals surface area contributed by atoms with Crippen molar-refractivity contribution in [3.8, 4) is 5.75 Å². The van der Waals surface area contributed by atoms with Gasteiger partial charge in [-0.15, -0.1) is 0 Å². The van der Waals surface area contributed by atoms with E-state index in [0.29, 0.717) is 29.9 Å². The number of carbonyl (C=O) groups excluding carboxylic acids is 1. The molecule has 6 nitrogen and oxygen atoms in total. The van der Waals surface area contributed by atoms with Crippen LogP contribution in [-0.2, 0) is 11.3 Å². The van der Waals surface area contributed by atoms with Crippen LogP contribution in [0, 0.1) is 0 Å². The highest BCUT2D eigenvalue weighted by Gasteiger charge is 2.40. The summed E-state index contributed by atoms with van der Waals surface area (Å²) < 4.78 is 13.6. The Bertz CT molecular complexity index is 673. The first-order valence-electron chi connectivity index (χ1n) is 8.04. The van der Waals surface area contributed by atoms with E-state index in [9.17, 15) is 9.59 Å². The monoisotopic (exact) mass is 384 g/mol. The summed E-state index contributed by atoms with van der Waals surface area (Å²) in [5.41, 5.74) is 0.0626. The number of ether oxygens (including phenoxy) is 2. The van der Waals surface area contributed by atoms with E-state index < -0.39 is 0 Å². The molecule has 0 bridgehead atoms. The van der Waals surface area contributed by atoms with Gasteiger partial charge in [0.05, 0.1) is 24.2 Å². The molecule has 126 valence electrons. The number of halogens is 1. The molecule has 1 aromatic heterocycles. The fraction of sp³-hybridized carbons (Fsp3) is 0.625. The third-order valence-electron chi connectivity index (χ3n) is 4.36. The van der Waals surface area contributed by atoms with E-state index in [-0.39, 0.29) is 29.4 Å². The number of fused-ring (bicyclic) bond motifs is 2. The zero-order chi connectivity index (χ0) is 16.6. The van der Waals surface area contributed by atoms with Crippen LogP contribution in [-0.4, -0.2) is 40.9 Å². The molecule has 3 heterocycles. The molecule has 2 atom stereocenters. The number of aromatic nitrogens is 1. The van der Waals surface area contributed by atoms with Crippen LogP contribution in [0.15, 0.2) is 15.5 Å². The summed E-state index contributed by atoms with van der Waals surface area (Å²) in [6.45, 7) is 5.64. The summed E-state index contributed by atoms with van der Waals surface area (Å²) in [4.78, 5) is 27.1. The van der Waals surface area contributed by atoms with Crippen molar-refractivity contribution in [3.63, 3.8) is 0 Å². The fourth-order valence-corrected chi connectivity index (χ4v) is 3.49. The first-order chi connectivity index (χ1) is 11.0. The summed E-state index contributed by atoms with van der Waals surface area (Å²) >= 11 is 3.27. The Morgan fingerprint density at radius 3 is 2.96 bits per heavy atom. The van der Waals surface area contributed by atoms with Gasteiger partial charge in [-0.1, -0.05) is 13.3 Å². The minimum atomic E-state index is -0.281. The van der Waals surface area contributed by atoms with Crippen LogP contribution in [0.3, 0.4) is 0 Å². The Morgan fingerprint density at radius 1 is 1.43 bits per heavy atom. The number of carbonyl (C=O) groups is 1. The van der Waals surface area contributed by atoms with Gasteiger partial charge in [0.15, 0.2) is 17.7 Å². The maximum absolute atomic E-state index is 13.0. The molecule has 3 rings (SSSR count). The standard InChI is InChI=1S/C16H21BrN2O4/c1-3-4-6-23-15-13-16(21)19-10(2)5-7-22-12(19)9-18(13)8-11(17)14(15)20/h8,10,12H,3-7,9H2,1-2H3/t10-,12+/m1/s1. The van der Waals surface area contributed by atoms with E-state index in [1.807, 2.05) is 6.92 Å². The van der Waals surface area contributed by atoms with Gasteiger partial charge >= 0.3 is 0 Å². The second kappa shape index (κ2) is 6.65. The molecule has 0 unspecified atom stereocenters. The number of rotatable bonds is 4. The summed E-state index contributed by atoms with van der Waals surface area (Å²) in [7, 11) is 0. The summed E-state index contributed by atoms with van der Waals surface area (Å²) in [6, 6.07) is 0.0947. The molecule has 0 N–H and O–H groups in total. The Hall–Kier alpha value is -1.34. The van der Waals surface area contributed by atoms with Gasteiger partial charge in [-0.25, -0.2) is 0 Å². The second-order valence-electron chi connectivity index (χ2n) is 6.01. The zero-order valence-corrected chi connectivity index (χ0v) is 15.0. The van der Waals surface area contributed by atoms with Gasteiger partial charge in [-0.2, -0.15) is 0 Å². The highest BCUT2D eigenvalue weighted by molar-refractivity contribution is 9.10. The lowest BCUT2D eigenvalue weighted by Gasteiger charge is -2.44. The van der Waals surface area contributed by atoms with Crippen molar-refractivity contribution >= 4 is 21.8 Å². The largest absolute Gasteiger partial charge is 0.487 e. The fourth-order valence-electron chi connectivity index (χ4n) is 3.06. The van der Waals surface area contributed by atoms with Gasteiger partial charge in [0, 0.05) is 12.2 Å². The van der Waals surface area contributed by atoms with Crippen molar-refractivity contribution in [2.75, 3.05) is 13.2 Å². The van der Waals surface area contributed by atoms with Crippen LogP contribution in [0.25, 0.3) is 0 Å². The molecule has 0 radical (unpaired) electrons. The van der Waals surface area contributed by atoms with E-state index in [4.69, 9.17) is 9.47 Å². The van der Waals surface area contributed by atoms with Crippen LogP contribution in [0.4, 0.5) is 0 Å². The third kappa shape index (κ3) is 2.92. The minimum absolute atomic E-state index is 0.0947. The van der Waals surface area contributed by atoms with Crippen molar-refractivity contribution in [2.24, 2.45) is 0 Å². The minimum Gasteiger partial charge on any atom is -0.487 e. The Kier molecular flexibility index (Phi) is 4.77. The molecule has 0 aromatic carbocycles. The smallest absolute Gasteiger partial charge is 0.276 e. The predicted octanol–water partition coefficient (Wildman–Crippen LogP) is 2.38. The van der Waals surface area contributed by atoms with Crippen LogP contribution >= 0.6 is 15.9 Å². The molecule has 0 saturated carbocycles. The maximum Gasteiger partial charge on any atom is 0.276 e. The number of unbranched alkanes of at least 4 members (excludes halogenated alkanes) is 1. The first-order valence-corrected chi connectivity index (χ1v) is 8.84. The van der Waals surface area contributed by atoms with E-state index in [1.54, 1.807) is 15.7 Å². The third-order valence-corrected chi connectivity index (χ3v) is 4.92. The van der Waals surface area contributed by atoms with Gasteiger partial charge in [-0.3, -0.25) is 9.59 Å². The molecule has 1 fully saturated rings. The summed E-state index contributed by atoms with van der Waals surface area (Å²) in [5, 5.41) is 0. The lowest BCUT2D eigenvalue weighted by Crippen LogP contribution is -2.57. The molecule has 1 aromatic rings. The topological polar surface area (TPSA) is 60.8 Å². The number of hydrogen-bond donors (Lipinski definition) is 0. The van der Waals surface area contributed by atoms with Crippen LogP contribution in [0.5, 0.6) is 5.75 Å². The highest BCUT2D eigenvalue weighted by atomic mass is 79.9. The van der Waals surface area contributed by atoms with Gasteiger partial charge in [0.25, 0.3) is 5.91 Å². The second-order valence-corrected chi connectivity index (χ2v) is 6.87. The van der Waals surface area contributed by atoms with Crippen molar-refractivity contribution in [2.45, 2.75) is 51.9 Å². The van der Waals surface area contributed by atoms with Crippen LogP contribution in [0.1, 0.15) is 43.6 Å². The molecule has 1 amide bonds. The lowest BCUT2D eigenvalue weighted by molar-refractivity contribution is -0.112. The predicted molar refractivity (Wildman–Crippen MR) is 88.8 cm³/mol. The van der Waals surface area contributed by atoms with Gasteiger partial charge in [0.2, 0.25) is 5.43 Å². The quantitative estimate of drug-likeness (QED) is 0.747. The zero-order valence-electron chi connectivity index (χ0n) is 13.4. The molecule has 2 aliphatic rings. The first kappa shape index (κ1) is 16.5. The van der Waals surface area contributed by atoms with Crippen molar-refractivity contribution in [1.29, 1.82) is 0 Å². The SMILES string of the molecule is CCCCOc1c2n(cc(Br)c1=O)C[C@@H]1OCC[C@@H](C)N1C2=O. The normalized spacial score (nSPS) is 23.4. The van der Waals surface area contributed by atoms with Gasteiger partial charge in [0.1, 0.15) is 0 Å². The summed E-state index contributed by atoms with van der Waals surface area (Å²) in [5.74, 6) is -0.0430. The molecular weight excluding hydrogens is 364 g/mol. The number of pyridine rings is 1. The number of amides is 1. The lowest BCUT2D eigenvalue weighted by atomic mass is 10.1. The molecule has 1 saturated heterocycles. The summed E-state index contributed by atoms with van der Waals surface area (Å²) in [6.07, 6.45) is 3.98. The Labute approximate surface area is 143 Å². The average Bonchev–Trinajstić information content (AvgIpc) is 2.51. The van der Waals surface area contributed by atoms with Gasteiger partial charge < -0.3 is 18.9 Å². The molecule has 2 aliphatic heterocycles. The molecule has 0 spiro atoms.